The highest BCUT2D eigenvalue weighted by molar-refractivity contribution is 5.90. The zero-order valence-electron chi connectivity index (χ0n) is 12.3. The maximum atomic E-state index is 12.8. The fraction of sp³-hybridized carbons (Fsp3) is 0.188. The second-order valence-corrected chi connectivity index (χ2v) is 4.74. The lowest BCUT2D eigenvalue weighted by atomic mass is 10.2. The molecule has 0 heterocycles. The maximum Gasteiger partial charge on any atom is 0.387 e. The summed E-state index contributed by atoms with van der Waals surface area (Å²) in [7, 11) is 0. The molecule has 2 rings (SSSR count). The van der Waals surface area contributed by atoms with Gasteiger partial charge in [-0.1, -0.05) is 18.2 Å². The number of urea groups is 1. The number of rotatable bonds is 5. The molecule has 2 amide bonds. The van der Waals surface area contributed by atoms with Crippen LogP contribution >= 0.6 is 0 Å². The largest absolute Gasteiger partial charge is 0.434 e. The van der Waals surface area contributed by atoms with E-state index in [2.05, 4.69) is 15.4 Å². The van der Waals surface area contributed by atoms with E-state index in [0.29, 0.717) is 11.3 Å². The molecule has 0 unspecified atom stereocenters. The summed E-state index contributed by atoms with van der Waals surface area (Å²) >= 11 is 0. The van der Waals surface area contributed by atoms with Gasteiger partial charge in [-0.15, -0.1) is 0 Å². The zero-order valence-corrected chi connectivity index (χ0v) is 12.3. The van der Waals surface area contributed by atoms with Gasteiger partial charge in [0.25, 0.3) is 0 Å². The molecule has 0 fully saturated rings. The van der Waals surface area contributed by atoms with Gasteiger partial charge in [-0.2, -0.15) is 8.78 Å². The van der Waals surface area contributed by atoms with Crippen molar-refractivity contribution < 1.29 is 22.7 Å². The summed E-state index contributed by atoms with van der Waals surface area (Å²) in [6.07, 6.45) is 0. The number of ether oxygens (including phenoxy) is 1. The van der Waals surface area contributed by atoms with Gasteiger partial charge in [0, 0.05) is 17.8 Å². The van der Waals surface area contributed by atoms with Crippen LogP contribution in [0, 0.1) is 12.7 Å². The SMILES string of the molecule is Cc1c(NC(=O)NCc2ccc(F)cc2)cccc1OC(F)F. The number of benzene rings is 2. The number of alkyl halides is 2. The van der Waals surface area contributed by atoms with E-state index in [1.165, 1.54) is 24.3 Å². The van der Waals surface area contributed by atoms with E-state index >= 15 is 0 Å². The summed E-state index contributed by atoms with van der Waals surface area (Å²) in [5.41, 5.74) is 1.48. The van der Waals surface area contributed by atoms with E-state index in [1.807, 2.05) is 0 Å². The fourth-order valence-corrected chi connectivity index (χ4v) is 1.92. The van der Waals surface area contributed by atoms with Gasteiger partial charge >= 0.3 is 12.6 Å². The molecule has 0 saturated heterocycles. The van der Waals surface area contributed by atoms with E-state index in [4.69, 9.17) is 0 Å². The summed E-state index contributed by atoms with van der Waals surface area (Å²) in [6.45, 7) is -1.16. The number of hydrogen-bond acceptors (Lipinski definition) is 2. The minimum Gasteiger partial charge on any atom is -0.434 e. The van der Waals surface area contributed by atoms with Crippen LogP contribution in [0.25, 0.3) is 0 Å². The molecular weight excluding hydrogens is 309 g/mol. The summed E-state index contributed by atoms with van der Waals surface area (Å²) in [5.74, 6) is -0.360. The van der Waals surface area contributed by atoms with Crippen LogP contribution in [-0.4, -0.2) is 12.6 Å². The molecule has 0 aliphatic heterocycles. The van der Waals surface area contributed by atoms with Crippen molar-refractivity contribution in [2.45, 2.75) is 20.1 Å². The lowest BCUT2D eigenvalue weighted by Gasteiger charge is -2.13. The molecular formula is C16H15F3N2O2. The summed E-state index contributed by atoms with van der Waals surface area (Å²) in [5, 5.41) is 5.15. The molecule has 2 aromatic carbocycles. The molecule has 122 valence electrons. The van der Waals surface area contributed by atoms with Gasteiger partial charge in [0.2, 0.25) is 0 Å². The molecule has 0 aliphatic rings. The molecule has 2 N–H and O–H groups in total. The van der Waals surface area contributed by atoms with Crippen molar-refractivity contribution in [1.82, 2.24) is 5.32 Å². The van der Waals surface area contributed by atoms with Crippen molar-refractivity contribution in [2.24, 2.45) is 0 Å². The highest BCUT2D eigenvalue weighted by atomic mass is 19.3. The predicted octanol–water partition coefficient (Wildman–Crippen LogP) is 4.06. The molecule has 0 aliphatic carbocycles. The van der Waals surface area contributed by atoms with Crippen LogP contribution in [0.4, 0.5) is 23.7 Å². The summed E-state index contributed by atoms with van der Waals surface area (Å²) in [6, 6.07) is 9.66. The molecule has 2 aromatic rings. The van der Waals surface area contributed by atoms with Crippen LogP contribution in [-0.2, 0) is 6.54 Å². The van der Waals surface area contributed by atoms with Crippen molar-refractivity contribution >= 4 is 11.7 Å². The number of amides is 2. The normalized spacial score (nSPS) is 10.5. The third-order valence-corrected chi connectivity index (χ3v) is 3.11. The standard InChI is InChI=1S/C16H15F3N2O2/c1-10-13(3-2-4-14(10)23-15(18)19)21-16(22)20-9-11-5-7-12(17)8-6-11/h2-8,15H,9H2,1H3,(H2,20,21,22). The third-order valence-electron chi connectivity index (χ3n) is 3.11. The Hall–Kier alpha value is -2.70. The van der Waals surface area contributed by atoms with Crippen molar-refractivity contribution in [3.8, 4) is 5.75 Å². The number of carbonyl (C=O) groups is 1. The van der Waals surface area contributed by atoms with Crippen LogP contribution in [0.15, 0.2) is 42.5 Å². The number of anilines is 1. The Labute approximate surface area is 131 Å². The van der Waals surface area contributed by atoms with E-state index in [0.717, 1.165) is 5.56 Å². The number of nitrogens with one attached hydrogen (secondary N) is 2. The molecule has 0 atom stereocenters. The quantitative estimate of drug-likeness (QED) is 0.871. The van der Waals surface area contributed by atoms with Gasteiger partial charge in [0.05, 0.1) is 0 Å². The first kappa shape index (κ1) is 16.7. The summed E-state index contributed by atoms with van der Waals surface area (Å²) in [4.78, 5) is 11.9. The number of hydrogen-bond donors (Lipinski definition) is 2. The zero-order chi connectivity index (χ0) is 16.8. The van der Waals surface area contributed by atoms with Gasteiger partial charge < -0.3 is 15.4 Å². The van der Waals surface area contributed by atoms with Gasteiger partial charge in [-0.05, 0) is 36.8 Å². The molecule has 0 radical (unpaired) electrons. The first-order valence-electron chi connectivity index (χ1n) is 6.79. The van der Waals surface area contributed by atoms with Gasteiger partial charge in [-0.25, -0.2) is 9.18 Å². The monoisotopic (exact) mass is 324 g/mol. The fourth-order valence-electron chi connectivity index (χ4n) is 1.92. The lowest BCUT2D eigenvalue weighted by Crippen LogP contribution is -2.28. The highest BCUT2D eigenvalue weighted by Gasteiger charge is 2.11. The van der Waals surface area contributed by atoms with Gasteiger partial charge in [0.15, 0.2) is 0 Å². The van der Waals surface area contributed by atoms with Gasteiger partial charge in [-0.3, -0.25) is 0 Å². The second-order valence-electron chi connectivity index (χ2n) is 4.74. The molecule has 7 heteroatoms. The molecule has 0 spiro atoms. The first-order chi connectivity index (χ1) is 11.0. The van der Waals surface area contributed by atoms with Crippen molar-refractivity contribution in [3.63, 3.8) is 0 Å². The van der Waals surface area contributed by atoms with Crippen molar-refractivity contribution in [3.05, 3.63) is 59.4 Å². The molecule has 0 saturated carbocycles. The molecule has 0 aromatic heterocycles. The first-order valence-corrected chi connectivity index (χ1v) is 6.79. The molecule has 0 bridgehead atoms. The van der Waals surface area contributed by atoms with E-state index in [-0.39, 0.29) is 18.1 Å². The average Bonchev–Trinajstić information content (AvgIpc) is 2.50. The topological polar surface area (TPSA) is 50.4 Å². The summed E-state index contributed by atoms with van der Waals surface area (Å²) < 4.78 is 41.7. The Morgan fingerprint density at radius 3 is 2.52 bits per heavy atom. The highest BCUT2D eigenvalue weighted by Crippen LogP contribution is 2.26. The average molecular weight is 324 g/mol. The third kappa shape index (κ3) is 4.91. The second kappa shape index (κ2) is 7.53. The Bertz CT molecular complexity index is 676. The van der Waals surface area contributed by atoms with E-state index in [9.17, 15) is 18.0 Å². The van der Waals surface area contributed by atoms with Crippen molar-refractivity contribution in [1.29, 1.82) is 0 Å². The smallest absolute Gasteiger partial charge is 0.387 e. The Balaban J connectivity index is 1.96. The van der Waals surface area contributed by atoms with Crippen LogP contribution in [0.2, 0.25) is 0 Å². The minimum atomic E-state index is -2.93. The maximum absolute atomic E-state index is 12.8. The van der Waals surface area contributed by atoms with E-state index in [1.54, 1.807) is 25.1 Å². The van der Waals surface area contributed by atoms with Gasteiger partial charge in [0.1, 0.15) is 11.6 Å². The predicted molar refractivity (Wildman–Crippen MR) is 80.1 cm³/mol. The van der Waals surface area contributed by atoms with Crippen LogP contribution < -0.4 is 15.4 Å². The Kier molecular flexibility index (Phi) is 5.46. The number of halogens is 3. The van der Waals surface area contributed by atoms with Crippen LogP contribution in [0.3, 0.4) is 0 Å². The Morgan fingerprint density at radius 2 is 1.87 bits per heavy atom. The van der Waals surface area contributed by atoms with Crippen molar-refractivity contribution in [2.75, 3.05) is 5.32 Å². The Morgan fingerprint density at radius 1 is 1.17 bits per heavy atom. The van der Waals surface area contributed by atoms with E-state index < -0.39 is 12.6 Å². The lowest BCUT2D eigenvalue weighted by molar-refractivity contribution is -0.0502. The number of carbonyl (C=O) groups excluding carboxylic acids is 1. The van der Waals surface area contributed by atoms with Crippen LogP contribution in [0.1, 0.15) is 11.1 Å². The molecule has 23 heavy (non-hydrogen) atoms. The van der Waals surface area contributed by atoms with Crippen LogP contribution in [0.5, 0.6) is 5.75 Å². The minimum absolute atomic E-state index is 0.00339. The molecule has 4 nitrogen and oxygen atoms in total.